The van der Waals surface area contributed by atoms with Crippen molar-refractivity contribution in [3.05, 3.63) is 73.6 Å². The van der Waals surface area contributed by atoms with Gasteiger partial charge in [-0.3, -0.25) is 10.1 Å². The van der Waals surface area contributed by atoms with Crippen molar-refractivity contribution in [1.82, 2.24) is 5.32 Å². The molecule has 0 aliphatic rings. The number of hydrogen-bond donors (Lipinski definition) is 1. The fourth-order valence-electron chi connectivity index (χ4n) is 2.20. The first-order chi connectivity index (χ1) is 11.1. The van der Waals surface area contributed by atoms with Gasteiger partial charge in [0.15, 0.2) is 0 Å². The van der Waals surface area contributed by atoms with Crippen LogP contribution in [0.2, 0.25) is 5.02 Å². The second-order valence-corrected chi connectivity index (χ2v) is 6.34. The number of rotatable bonds is 6. The maximum absolute atomic E-state index is 11.2. The zero-order chi connectivity index (χ0) is 16.2. The lowest BCUT2D eigenvalue weighted by Crippen LogP contribution is -2.10. The van der Waals surface area contributed by atoms with E-state index in [4.69, 9.17) is 16.0 Å². The maximum atomic E-state index is 11.2. The minimum Gasteiger partial charge on any atom is -0.459 e. The van der Waals surface area contributed by atoms with Crippen LogP contribution < -0.4 is 5.32 Å². The van der Waals surface area contributed by atoms with Gasteiger partial charge in [-0.05, 0) is 35.7 Å². The molecule has 3 rings (SSSR count). The van der Waals surface area contributed by atoms with Crippen LogP contribution in [0.25, 0.3) is 11.3 Å². The van der Waals surface area contributed by atoms with E-state index in [0.717, 1.165) is 12.3 Å². The number of benzene rings is 1. The second-order valence-electron chi connectivity index (χ2n) is 4.87. The molecule has 0 aliphatic heterocycles. The van der Waals surface area contributed by atoms with E-state index in [-0.39, 0.29) is 5.69 Å². The van der Waals surface area contributed by atoms with Crippen molar-refractivity contribution in [2.24, 2.45) is 0 Å². The zero-order valence-electron chi connectivity index (χ0n) is 12.0. The van der Waals surface area contributed by atoms with E-state index in [1.54, 1.807) is 29.5 Å². The lowest BCUT2D eigenvalue weighted by molar-refractivity contribution is -0.384. The van der Waals surface area contributed by atoms with Gasteiger partial charge >= 0.3 is 0 Å². The molecule has 1 N–H and O–H groups in total. The minimum atomic E-state index is -0.460. The Hall–Kier alpha value is -2.15. The molecule has 2 aromatic heterocycles. The number of thiophene rings is 1. The molecule has 0 fully saturated rings. The molecule has 0 bridgehead atoms. The average molecular weight is 349 g/mol. The van der Waals surface area contributed by atoms with Crippen molar-refractivity contribution in [1.29, 1.82) is 0 Å². The van der Waals surface area contributed by atoms with E-state index in [1.807, 2.05) is 17.5 Å². The molecule has 0 unspecified atom stereocenters. The van der Waals surface area contributed by atoms with Crippen LogP contribution in [-0.2, 0) is 13.1 Å². The van der Waals surface area contributed by atoms with E-state index < -0.39 is 4.92 Å². The lowest BCUT2D eigenvalue weighted by atomic mass is 10.1. The van der Waals surface area contributed by atoms with Crippen LogP contribution in [0.15, 0.2) is 52.3 Å². The molecule has 3 aromatic rings. The zero-order valence-corrected chi connectivity index (χ0v) is 13.6. The SMILES string of the molecule is O=[N+]([O-])c1cc(Cl)ccc1-c1ccc(CNCc2cccs2)o1. The Morgan fingerprint density at radius 3 is 2.83 bits per heavy atom. The fraction of sp³-hybridized carbons (Fsp3) is 0.125. The predicted molar refractivity (Wildman–Crippen MR) is 90.7 cm³/mol. The number of nitrogens with one attached hydrogen (secondary N) is 1. The summed E-state index contributed by atoms with van der Waals surface area (Å²) in [4.78, 5) is 11.9. The van der Waals surface area contributed by atoms with Crippen LogP contribution in [0.1, 0.15) is 10.6 Å². The van der Waals surface area contributed by atoms with Crippen LogP contribution in [0.5, 0.6) is 0 Å². The van der Waals surface area contributed by atoms with Gasteiger partial charge in [0, 0.05) is 22.5 Å². The third-order valence-corrected chi connectivity index (χ3v) is 4.37. The maximum Gasteiger partial charge on any atom is 0.281 e. The van der Waals surface area contributed by atoms with Crippen molar-refractivity contribution in [2.45, 2.75) is 13.1 Å². The molecule has 118 valence electrons. The highest BCUT2D eigenvalue weighted by Gasteiger charge is 2.18. The molecule has 0 spiro atoms. The summed E-state index contributed by atoms with van der Waals surface area (Å²) in [5.74, 6) is 1.18. The first-order valence-corrected chi connectivity index (χ1v) is 8.15. The average Bonchev–Trinajstić information content (AvgIpc) is 3.19. The summed E-state index contributed by atoms with van der Waals surface area (Å²) in [5.41, 5.74) is 0.355. The van der Waals surface area contributed by atoms with Crippen LogP contribution in [0.3, 0.4) is 0 Å². The van der Waals surface area contributed by atoms with E-state index in [1.165, 1.54) is 10.9 Å². The summed E-state index contributed by atoms with van der Waals surface area (Å²) in [5, 5.41) is 16.8. The monoisotopic (exact) mass is 348 g/mol. The molecule has 5 nitrogen and oxygen atoms in total. The van der Waals surface area contributed by atoms with Crippen LogP contribution in [0.4, 0.5) is 5.69 Å². The van der Waals surface area contributed by atoms with Gasteiger partial charge in [0.2, 0.25) is 0 Å². The molecular formula is C16H13ClN2O3S. The van der Waals surface area contributed by atoms with Gasteiger partial charge in [-0.1, -0.05) is 17.7 Å². The van der Waals surface area contributed by atoms with Gasteiger partial charge in [-0.25, -0.2) is 0 Å². The van der Waals surface area contributed by atoms with Crippen molar-refractivity contribution >= 4 is 28.6 Å². The van der Waals surface area contributed by atoms with Gasteiger partial charge in [0.25, 0.3) is 5.69 Å². The molecule has 0 radical (unpaired) electrons. The molecule has 0 atom stereocenters. The summed E-state index contributed by atoms with van der Waals surface area (Å²) in [6.07, 6.45) is 0. The third-order valence-electron chi connectivity index (χ3n) is 3.26. The van der Waals surface area contributed by atoms with Crippen molar-refractivity contribution in [3.8, 4) is 11.3 Å². The first-order valence-electron chi connectivity index (χ1n) is 6.89. The van der Waals surface area contributed by atoms with Crippen LogP contribution in [0, 0.1) is 10.1 Å². The summed E-state index contributed by atoms with van der Waals surface area (Å²) in [6.45, 7) is 1.31. The number of hydrogen-bond acceptors (Lipinski definition) is 5. The topological polar surface area (TPSA) is 68.3 Å². The molecule has 7 heteroatoms. The molecule has 0 amide bonds. The van der Waals surface area contributed by atoms with E-state index in [9.17, 15) is 10.1 Å². The largest absolute Gasteiger partial charge is 0.459 e. The Morgan fingerprint density at radius 1 is 1.22 bits per heavy atom. The molecule has 0 aliphatic carbocycles. The van der Waals surface area contributed by atoms with E-state index in [2.05, 4.69) is 11.4 Å². The summed E-state index contributed by atoms with van der Waals surface area (Å²) in [6, 6.07) is 12.2. The normalized spacial score (nSPS) is 10.8. The number of furan rings is 1. The number of nitrogens with zero attached hydrogens (tertiary/aromatic N) is 1. The van der Waals surface area contributed by atoms with Crippen molar-refractivity contribution < 1.29 is 9.34 Å². The number of halogens is 1. The van der Waals surface area contributed by atoms with Crippen molar-refractivity contribution in [2.75, 3.05) is 0 Å². The van der Waals surface area contributed by atoms with Gasteiger partial charge in [0.1, 0.15) is 11.5 Å². The highest BCUT2D eigenvalue weighted by atomic mass is 35.5. The van der Waals surface area contributed by atoms with Gasteiger partial charge in [-0.15, -0.1) is 11.3 Å². The Morgan fingerprint density at radius 2 is 2.09 bits per heavy atom. The van der Waals surface area contributed by atoms with Crippen molar-refractivity contribution in [3.63, 3.8) is 0 Å². The van der Waals surface area contributed by atoms with Gasteiger partial charge in [0.05, 0.1) is 17.0 Å². The molecule has 23 heavy (non-hydrogen) atoms. The molecule has 2 heterocycles. The lowest BCUT2D eigenvalue weighted by Gasteiger charge is -2.02. The Kier molecular flexibility index (Phi) is 4.76. The molecule has 1 aromatic carbocycles. The number of nitro groups is 1. The molecule has 0 saturated heterocycles. The Bertz CT molecular complexity index is 815. The summed E-state index contributed by atoms with van der Waals surface area (Å²) in [7, 11) is 0. The highest BCUT2D eigenvalue weighted by molar-refractivity contribution is 7.09. The highest BCUT2D eigenvalue weighted by Crippen LogP contribution is 2.33. The van der Waals surface area contributed by atoms with Gasteiger partial charge in [-0.2, -0.15) is 0 Å². The third kappa shape index (κ3) is 3.79. The quantitative estimate of drug-likeness (QED) is 0.510. The van der Waals surface area contributed by atoms with E-state index in [0.29, 0.717) is 22.9 Å². The second kappa shape index (κ2) is 6.95. The number of nitro benzene ring substituents is 1. The Balaban J connectivity index is 1.73. The predicted octanol–water partition coefficient (Wildman–Crippen LogP) is 4.86. The Labute approximate surface area is 141 Å². The van der Waals surface area contributed by atoms with E-state index >= 15 is 0 Å². The summed E-state index contributed by atoms with van der Waals surface area (Å²) < 4.78 is 5.71. The molecular weight excluding hydrogens is 336 g/mol. The molecule has 0 saturated carbocycles. The van der Waals surface area contributed by atoms with Crippen LogP contribution in [-0.4, -0.2) is 4.92 Å². The summed E-state index contributed by atoms with van der Waals surface area (Å²) >= 11 is 7.51. The smallest absolute Gasteiger partial charge is 0.281 e. The standard InChI is InChI=1S/C16H13ClN2O3S/c17-11-3-5-14(15(8-11)19(20)21)16-6-4-12(22-16)9-18-10-13-2-1-7-23-13/h1-8,18H,9-10H2. The minimum absolute atomic E-state index is 0.0649. The van der Waals surface area contributed by atoms with Crippen LogP contribution >= 0.6 is 22.9 Å². The fourth-order valence-corrected chi connectivity index (χ4v) is 3.04. The van der Waals surface area contributed by atoms with Gasteiger partial charge < -0.3 is 9.73 Å². The first kappa shape index (κ1) is 15.7.